The Morgan fingerprint density at radius 1 is 1.12 bits per heavy atom. The summed E-state index contributed by atoms with van der Waals surface area (Å²) < 4.78 is 41.0. The van der Waals surface area contributed by atoms with E-state index in [-0.39, 0.29) is 29.3 Å². The zero-order valence-electron chi connectivity index (χ0n) is 19.0. The van der Waals surface area contributed by atoms with Crippen LogP contribution in [0.15, 0.2) is 41.7 Å². The van der Waals surface area contributed by atoms with Gasteiger partial charge in [-0.25, -0.2) is 9.69 Å². The molecular weight excluding hydrogens is 451 g/mol. The number of anilines is 1. The number of nitrogens with zero attached hydrogens (tertiary/aromatic N) is 5. The van der Waals surface area contributed by atoms with Gasteiger partial charge in [0.2, 0.25) is 0 Å². The molecule has 2 bridgehead atoms. The fourth-order valence-corrected chi connectivity index (χ4v) is 4.64. The normalized spacial score (nSPS) is 20.2. The van der Waals surface area contributed by atoms with Gasteiger partial charge in [-0.2, -0.15) is 18.3 Å². The summed E-state index contributed by atoms with van der Waals surface area (Å²) in [5, 5.41) is 4.43. The minimum absolute atomic E-state index is 0.0465. The van der Waals surface area contributed by atoms with Crippen molar-refractivity contribution in [2.45, 2.75) is 44.8 Å². The molecule has 1 atom stereocenters. The quantitative estimate of drug-likeness (QED) is 0.624. The zero-order chi connectivity index (χ0) is 24.7. The number of urea groups is 1. The summed E-state index contributed by atoms with van der Waals surface area (Å²) in [4.78, 5) is 43.2. The standard InChI is InChI=1S/C23H22F3N5O3/c1-22(2,3)17-10-16(28(4)27-17)19(32)29-11-14-9-15(29)18-20(33)31(21(34)30(14)18)13-7-5-6-12(8-13)23(24,25)26/h5-8,10,14H,9,11H2,1-4H3. The number of fused-ring (bicyclic) bond motifs is 4. The number of hydrogen-bond acceptors (Lipinski definition) is 4. The van der Waals surface area contributed by atoms with E-state index in [1.807, 2.05) is 20.8 Å². The highest BCUT2D eigenvalue weighted by Crippen LogP contribution is 2.45. The molecule has 1 aromatic carbocycles. The summed E-state index contributed by atoms with van der Waals surface area (Å²) in [7, 11) is 1.67. The lowest BCUT2D eigenvalue weighted by atomic mass is 9.92. The highest BCUT2D eigenvalue weighted by atomic mass is 19.4. The van der Waals surface area contributed by atoms with Gasteiger partial charge in [0.1, 0.15) is 11.4 Å². The molecular formula is C23H22F3N5O3. The first-order valence-electron chi connectivity index (χ1n) is 10.7. The van der Waals surface area contributed by atoms with Crippen LogP contribution in [-0.2, 0) is 23.4 Å². The first-order chi connectivity index (χ1) is 15.8. The Kier molecular flexibility index (Phi) is 4.53. The van der Waals surface area contributed by atoms with Crippen molar-refractivity contribution in [3.8, 4) is 0 Å². The number of benzene rings is 1. The second-order valence-corrected chi connectivity index (χ2v) is 9.70. The molecule has 4 heterocycles. The van der Waals surface area contributed by atoms with Crippen LogP contribution in [0.2, 0.25) is 0 Å². The lowest BCUT2D eigenvalue weighted by molar-refractivity contribution is -0.137. The van der Waals surface area contributed by atoms with Crippen LogP contribution in [0.5, 0.6) is 0 Å². The molecule has 2 saturated heterocycles. The van der Waals surface area contributed by atoms with E-state index in [0.717, 1.165) is 28.8 Å². The first-order valence-corrected chi connectivity index (χ1v) is 10.7. The van der Waals surface area contributed by atoms with Gasteiger partial charge in [-0.15, -0.1) is 0 Å². The highest BCUT2D eigenvalue weighted by molar-refractivity contribution is 6.28. The van der Waals surface area contributed by atoms with E-state index in [1.54, 1.807) is 13.1 Å². The Hall–Kier alpha value is -3.63. The summed E-state index contributed by atoms with van der Waals surface area (Å²) in [5.41, 5.74) is 0.158. The maximum Gasteiger partial charge on any atom is 0.416 e. The number of aromatic nitrogens is 2. The van der Waals surface area contributed by atoms with Crippen LogP contribution in [-0.4, -0.2) is 50.0 Å². The molecule has 0 N–H and O–H groups in total. The third-order valence-electron chi connectivity index (χ3n) is 6.37. The lowest BCUT2D eigenvalue weighted by Crippen LogP contribution is -2.43. The molecule has 2 fully saturated rings. The fraction of sp³-hybridized carbons (Fsp3) is 0.391. The number of amides is 4. The number of likely N-dealkylation sites (tertiary alicyclic amines) is 1. The van der Waals surface area contributed by atoms with Crippen molar-refractivity contribution in [1.82, 2.24) is 19.6 Å². The van der Waals surface area contributed by atoms with Gasteiger partial charge >= 0.3 is 12.2 Å². The van der Waals surface area contributed by atoms with Crippen LogP contribution in [0.3, 0.4) is 0 Å². The SMILES string of the molecule is Cn1nc(C(C)(C)C)cc1C(=O)N1CC2CC1=C1C(=O)N(c3cccc(C(F)(F)F)c3)C(=O)N12. The van der Waals surface area contributed by atoms with Gasteiger partial charge in [-0.05, 0) is 24.3 Å². The van der Waals surface area contributed by atoms with E-state index >= 15 is 0 Å². The third-order valence-corrected chi connectivity index (χ3v) is 6.37. The van der Waals surface area contributed by atoms with Crippen molar-refractivity contribution < 1.29 is 27.6 Å². The van der Waals surface area contributed by atoms with Crippen LogP contribution >= 0.6 is 0 Å². The molecule has 0 aliphatic carbocycles. The summed E-state index contributed by atoms with van der Waals surface area (Å²) in [6, 6.07) is 4.65. The van der Waals surface area contributed by atoms with E-state index in [1.165, 1.54) is 20.5 Å². The molecule has 3 aliphatic rings. The van der Waals surface area contributed by atoms with Gasteiger partial charge in [-0.3, -0.25) is 19.2 Å². The molecule has 178 valence electrons. The van der Waals surface area contributed by atoms with Gasteiger partial charge in [-0.1, -0.05) is 26.8 Å². The first kappa shape index (κ1) is 22.2. The van der Waals surface area contributed by atoms with Gasteiger partial charge in [0.05, 0.1) is 28.7 Å². The average Bonchev–Trinajstić information content (AvgIpc) is 3.48. The number of alkyl halides is 3. The molecule has 2 aromatic rings. The number of halogens is 3. The van der Waals surface area contributed by atoms with Gasteiger partial charge in [0, 0.05) is 25.4 Å². The van der Waals surface area contributed by atoms with Crippen molar-refractivity contribution in [3.63, 3.8) is 0 Å². The Bertz CT molecular complexity index is 1290. The van der Waals surface area contributed by atoms with E-state index in [4.69, 9.17) is 0 Å². The number of carbonyl (C=O) groups is 3. The Morgan fingerprint density at radius 2 is 1.82 bits per heavy atom. The molecule has 0 radical (unpaired) electrons. The minimum Gasteiger partial charge on any atom is -0.306 e. The molecule has 34 heavy (non-hydrogen) atoms. The molecule has 0 saturated carbocycles. The summed E-state index contributed by atoms with van der Waals surface area (Å²) >= 11 is 0. The van der Waals surface area contributed by atoms with Crippen LogP contribution < -0.4 is 4.90 Å². The maximum absolute atomic E-state index is 13.4. The second-order valence-electron chi connectivity index (χ2n) is 9.70. The van der Waals surface area contributed by atoms with Crippen molar-refractivity contribution in [2.24, 2.45) is 7.05 Å². The maximum atomic E-state index is 13.4. The number of carbonyl (C=O) groups excluding carboxylic acids is 3. The Balaban J connectivity index is 1.50. The van der Waals surface area contributed by atoms with Crippen LogP contribution in [0.4, 0.5) is 23.7 Å². The molecule has 1 aromatic heterocycles. The number of hydrogen-bond donors (Lipinski definition) is 0. The second kappa shape index (κ2) is 6.94. The average molecular weight is 473 g/mol. The molecule has 1 unspecified atom stereocenters. The van der Waals surface area contributed by atoms with Gasteiger partial charge in [0.15, 0.2) is 0 Å². The zero-order valence-corrected chi connectivity index (χ0v) is 19.0. The van der Waals surface area contributed by atoms with Crippen LogP contribution in [0.1, 0.15) is 48.9 Å². The summed E-state index contributed by atoms with van der Waals surface area (Å²) in [6.45, 7) is 6.14. The van der Waals surface area contributed by atoms with E-state index < -0.39 is 29.7 Å². The number of imide groups is 1. The third kappa shape index (κ3) is 3.13. The molecule has 11 heteroatoms. The smallest absolute Gasteiger partial charge is 0.306 e. The monoisotopic (exact) mass is 473 g/mol. The molecule has 8 nitrogen and oxygen atoms in total. The van der Waals surface area contributed by atoms with E-state index in [0.29, 0.717) is 17.8 Å². The lowest BCUT2D eigenvalue weighted by Gasteiger charge is -2.27. The number of rotatable bonds is 2. The van der Waals surface area contributed by atoms with Gasteiger partial charge < -0.3 is 4.90 Å². The van der Waals surface area contributed by atoms with Crippen LogP contribution in [0, 0.1) is 0 Å². The van der Waals surface area contributed by atoms with Crippen molar-refractivity contribution in [1.29, 1.82) is 0 Å². The topological polar surface area (TPSA) is 78.8 Å². The minimum atomic E-state index is -4.61. The molecule has 5 rings (SSSR count). The largest absolute Gasteiger partial charge is 0.416 e. The summed E-state index contributed by atoms with van der Waals surface area (Å²) in [5.74, 6) is -1.08. The van der Waals surface area contributed by atoms with E-state index in [2.05, 4.69) is 5.10 Å². The molecule has 3 aliphatic heterocycles. The molecule has 0 spiro atoms. The predicted octanol–water partition coefficient (Wildman–Crippen LogP) is 3.64. The number of aryl methyl sites for hydroxylation is 1. The molecule has 4 amide bonds. The van der Waals surface area contributed by atoms with Crippen molar-refractivity contribution >= 4 is 23.5 Å². The Morgan fingerprint density at radius 3 is 2.44 bits per heavy atom. The Labute approximate surface area is 193 Å². The van der Waals surface area contributed by atoms with Gasteiger partial charge in [0.25, 0.3) is 11.8 Å². The van der Waals surface area contributed by atoms with Crippen molar-refractivity contribution in [3.05, 3.63) is 58.7 Å². The highest BCUT2D eigenvalue weighted by Gasteiger charge is 2.56. The fourth-order valence-electron chi connectivity index (χ4n) is 4.64. The van der Waals surface area contributed by atoms with Crippen LogP contribution in [0.25, 0.3) is 0 Å². The van der Waals surface area contributed by atoms with E-state index in [9.17, 15) is 27.6 Å². The van der Waals surface area contributed by atoms with Crippen molar-refractivity contribution in [2.75, 3.05) is 11.4 Å². The predicted molar refractivity (Wildman–Crippen MR) is 115 cm³/mol. The summed E-state index contributed by atoms with van der Waals surface area (Å²) in [6.07, 6.45) is -4.28.